The molecule has 2 nitrogen and oxygen atoms in total. The molecule has 1 aliphatic heterocycles. The molecule has 3 rings (SSSR count). The number of benzene rings is 1. The highest BCUT2D eigenvalue weighted by Crippen LogP contribution is 2.19. The summed E-state index contributed by atoms with van der Waals surface area (Å²) in [5.74, 6) is -0.166. The maximum Gasteiger partial charge on any atom is 0.123 e. The minimum atomic E-state index is -0.166. The fourth-order valence-corrected chi connectivity index (χ4v) is 2.61. The van der Waals surface area contributed by atoms with Gasteiger partial charge in [0, 0.05) is 23.1 Å². The molecule has 1 aromatic carbocycles. The van der Waals surface area contributed by atoms with Crippen LogP contribution in [0.25, 0.3) is 10.9 Å². The predicted molar refractivity (Wildman–Crippen MR) is 67.4 cm³/mol. The quantitative estimate of drug-likeness (QED) is 0.841. The molecule has 1 aromatic heterocycles. The Kier molecular flexibility index (Phi) is 2.85. The van der Waals surface area contributed by atoms with Crippen LogP contribution in [0.5, 0.6) is 0 Å². The lowest BCUT2D eigenvalue weighted by Crippen LogP contribution is -2.29. The second-order valence-corrected chi connectivity index (χ2v) is 4.86. The van der Waals surface area contributed by atoms with Crippen LogP contribution in [-0.4, -0.2) is 23.0 Å². The van der Waals surface area contributed by atoms with E-state index in [0.717, 1.165) is 17.4 Å². The van der Waals surface area contributed by atoms with Crippen molar-refractivity contribution in [1.29, 1.82) is 0 Å². The standard InChI is InChI=1S/C14H17FN2/c15-12-4-5-14-11(8-12)9-13(16-14)10-17-6-2-1-3-7-17/h4-5,8-9,16H,1-3,6-7,10H2. The monoisotopic (exact) mass is 232 g/mol. The molecule has 0 aliphatic carbocycles. The molecule has 90 valence electrons. The number of piperidine rings is 1. The van der Waals surface area contributed by atoms with Crippen molar-refractivity contribution in [2.45, 2.75) is 25.8 Å². The number of hydrogen-bond donors (Lipinski definition) is 1. The Morgan fingerprint density at radius 3 is 2.76 bits per heavy atom. The van der Waals surface area contributed by atoms with Gasteiger partial charge in [-0.3, -0.25) is 4.90 Å². The Bertz CT molecular complexity index is 512. The zero-order chi connectivity index (χ0) is 11.7. The zero-order valence-electron chi connectivity index (χ0n) is 9.88. The van der Waals surface area contributed by atoms with E-state index in [9.17, 15) is 4.39 Å². The fourth-order valence-electron chi connectivity index (χ4n) is 2.61. The van der Waals surface area contributed by atoms with Gasteiger partial charge >= 0.3 is 0 Å². The van der Waals surface area contributed by atoms with Gasteiger partial charge in [0.1, 0.15) is 5.82 Å². The number of nitrogens with one attached hydrogen (secondary N) is 1. The molecule has 1 aliphatic rings. The average Bonchev–Trinajstić information content (AvgIpc) is 2.71. The van der Waals surface area contributed by atoms with Crippen molar-refractivity contribution in [1.82, 2.24) is 9.88 Å². The molecular formula is C14H17FN2. The Hall–Kier alpha value is -1.35. The van der Waals surface area contributed by atoms with Crippen LogP contribution < -0.4 is 0 Å². The summed E-state index contributed by atoms with van der Waals surface area (Å²) in [5, 5.41) is 0.969. The van der Waals surface area contributed by atoms with Crippen LogP contribution in [0.4, 0.5) is 4.39 Å². The first-order chi connectivity index (χ1) is 8.31. The molecule has 1 saturated heterocycles. The highest BCUT2D eigenvalue weighted by molar-refractivity contribution is 5.80. The highest BCUT2D eigenvalue weighted by Gasteiger charge is 2.11. The number of likely N-dealkylation sites (tertiary alicyclic amines) is 1. The fraction of sp³-hybridized carbons (Fsp3) is 0.429. The van der Waals surface area contributed by atoms with Gasteiger partial charge in [0.15, 0.2) is 0 Å². The van der Waals surface area contributed by atoms with Gasteiger partial charge in [0.2, 0.25) is 0 Å². The third-order valence-corrected chi connectivity index (χ3v) is 3.48. The maximum absolute atomic E-state index is 13.1. The first-order valence-corrected chi connectivity index (χ1v) is 6.31. The van der Waals surface area contributed by atoms with Gasteiger partial charge in [-0.05, 0) is 50.2 Å². The van der Waals surface area contributed by atoms with Crippen LogP contribution in [0.15, 0.2) is 24.3 Å². The number of rotatable bonds is 2. The summed E-state index contributed by atoms with van der Waals surface area (Å²) in [6.45, 7) is 3.32. The smallest absolute Gasteiger partial charge is 0.123 e. The topological polar surface area (TPSA) is 19.0 Å². The Labute approximate surface area is 100 Å². The summed E-state index contributed by atoms with van der Waals surface area (Å²) in [4.78, 5) is 5.82. The van der Waals surface area contributed by atoms with Crippen molar-refractivity contribution >= 4 is 10.9 Å². The lowest BCUT2D eigenvalue weighted by Gasteiger charge is -2.25. The van der Waals surface area contributed by atoms with Crippen molar-refractivity contribution in [2.24, 2.45) is 0 Å². The van der Waals surface area contributed by atoms with Crippen molar-refractivity contribution < 1.29 is 4.39 Å². The molecule has 2 heterocycles. The van der Waals surface area contributed by atoms with Crippen LogP contribution in [0.3, 0.4) is 0 Å². The lowest BCUT2D eigenvalue weighted by molar-refractivity contribution is 0.219. The number of halogens is 1. The second kappa shape index (κ2) is 4.49. The molecule has 1 fully saturated rings. The normalized spacial score (nSPS) is 17.7. The van der Waals surface area contributed by atoms with E-state index in [0.29, 0.717) is 0 Å². The molecule has 0 bridgehead atoms. The average molecular weight is 232 g/mol. The van der Waals surface area contributed by atoms with Gasteiger partial charge < -0.3 is 4.98 Å². The SMILES string of the molecule is Fc1ccc2[nH]c(CN3CCCCC3)cc2c1. The van der Waals surface area contributed by atoms with Crippen molar-refractivity contribution in [3.63, 3.8) is 0 Å². The summed E-state index contributed by atoms with van der Waals surface area (Å²) in [6.07, 6.45) is 3.96. The number of aromatic amines is 1. The number of nitrogens with zero attached hydrogens (tertiary/aromatic N) is 1. The molecular weight excluding hydrogens is 215 g/mol. The van der Waals surface area contributed by atoms with E-state index in [4.69, 9.17) is 0 Å². The van der Waals surface area contributed by atoms with Crippen LogP contribution in [0.1, 0.15) is 25.0 Å². The van der Waals surface area contributed by atoms with Crippen molar-refractivity contribution in [3.05, 3.63) is 35.8 Å². The molecule has 17 heavy (non-hydrogen) atoms. The minimum Gasteiger partial charge on any atom is -0.357 e. The van der Waals surface area contributed by atoms with E-state index in [1.807, 2.05) is 6.07 Å². The number of fused-ring (bicyclic) bond motifs is 1. The number of aromatic nitrogens is 1. The van der Waals surface area contributed by atoms with E-state index >= 15 is 0 Å². The molecule has 0 spiro atoms. The van der Waals surface area contributed by atoms with Crippen LogP contribution >= 0.6 is 0 Å². The molecule has 0 amide bonds. The van der Waals surface area contributed by atoms with Gasteiger partial charge in [0.25, 0.3) is 0 Å². The third kappa shape index (κ3) is 2.34. The van der Waals surface area contributed by atoms with Crippen molar-refractivity contribution in [3.8, 4) is 0 Å². The second-order valence-electron chi connectivity index (χ2n) is 4.86. The van der Waals surface area contributed by atoms with Crippen LogP contribution in [-0.2, 0) is 6.54 Å². The minimum absolute atomic E-state index is 0.166. The largest absolute Gasteiger partial charge is 0.357 e. The van der Waals surface area contributed by atoms with Gasteiger partial charge in [-0.15, -0.1) is 0 Å². The summed E-state index contributed by atoms with van der Waals surface area (Å²) in [6, 6.07) is 6.96. The van der Waals surface area contributed by atoms with E-state index in [1.165, 1.54) is 44.1 Å². The zero-order valence-corrected chi connectivity index (χ0v) is 9.88. The first kappa shape index (κ1) is 10.8. The van der Waals surface area contributed by atoms with E-state index in [-0.39, 0.29) is 5.82 Å². The summed E-state index contributed by atoms with van der Waals surface area (Å²) in [7, 11) is 0. The van der Waals surface area contributed by atoms with Gasteiger partial charge in [0.05, 0.1) is 0 Å². The summed E-state index contributed by atoms with van der Waals surface area (Å²) in [5.41, 5.74) is 2.21. The van der Waals surface area contributed by atoms with E-state index in [2.05, 4.69) is 16.0 Å². The van der Waals surface area contributed by atoms with E-state index in [1.54, 1.807) is 6.07 Å². The highest BCUT2D eigenvalue weighted by atomic mass is 19.1. The molecule has 0 unspecified atom stereocenters. The Morgan fingerprint density at radius 1 is 1.12 bits per heavy atom. The molecule has 0 radical (unpaired) electrons. The molecule has 3 heteroatoms. The van der Waals surface area contributed by atoms with Gasteiger partial charge in [-0.1, -0.05) is 6.42 Å². The Balaban J connectivity index is 1.80. The van der Waals surface area contributed by atoms with Crippen molar-refractivity contribution in [2.75, 3.05) is 13.1 Å². The van der Waals surface area contributed by atoms with E-state index < -0.39 is 0 Å². The first-order valence-electron chi connectivity index (χ1n) is 6.31. The third-order valence-electron chi connectivity index (χ3n) is 3.48. The van der Waals surface area contributed by atoms with Crippen LogP contribution in [0, 0.1) is 5.82 Å². The molecule has 1 N–H and O–H groups in total. The lowest BCUT2D eigenvalue weighted by atomic mass is 10.1. The van der Waals surface area contributed by atoms with Gasteiger partial charge in [-0.25, -0.2) is 4.39 Å². The number of hydrogen-bond acceptors (Lipinski definition) is 1. The summed E-state index contributed by atoms with van der Waals surface area (Å²) >= 11 is 0. The summed E-state index contributed by atoms with van der Waals surface area (Å²) < 4.78 is 13.1. The number of H-pyrrole nitrogens is 1. The Morgan fingerprint density at radius 2 is 1.94 bits per heavy atom. The van der Waals surface area contributed by atoms with Crippen LogP contribution in [0.2, 0.25) is 0 Å². The predicted octanol–water partition coefficient (Wildman–Crippen LogP) is 3.29. The molecule has 2 aromatic rings. The molecule has 0 atom stereocenters. The van der Waals surface area contributed by atoms with Gasteiger partial charge in [-0.2, -0.15) is 0 Å². The maximum atomic E-state index is 13.1. The molecule has 0 saturated carbocycles.